The number of nitrogens with zero attached hydrogens (tertiary/aromatic N) is 2. The fraction of sp³-hybridized carbons (Fsp3) is 0.440. The van der Waals surface area contributed by atoms with Crippen molar-refractivity contribution in [3.05, 3.63) is 48.3 Å². The maximum Gasteiger partial charge on any atom is 0.427 e. The van der Waals surface area contributed by atoms with Gasteiger partial charge < -0.3 is 19.7 Å². The normalized spacial score (nSPS) is 18.3. The second-order valence-electron chi connectivity index (χ2n) is 10.1. The minimum atomic E-state index is -4.83. The second-order valence-corrected chi connectivity index (χ2v) is 12.0. The van der Waals surface area contributed by atoms with Crippen LogP contribution < -0.4 is 19.7 Å². The third kappa shape index (κ3) is 6.25. The Morgan fingerprint density at radius 2 is 1.73 bits per heavy atom. The van der Waals surface area contributed by atoms with E-state index in [4.69, 9.17) is 4.74 Å². The van der Waals surface area contributed by atoms with E-state index in [-0.39, 0.29) is 46.9 Å². The average molecular weight is 589 g/mol. The van der Waals surface area contributed by atoms with Gasteiger partial charge in [0, 0.05) is 18.8 Å². The summed E-state index contributed by atoms with van der Waals surface area (Å²) in [7, 11) is -2.42. The highest BCUT2D eigenvalue weighted by molar-refractivity contribution is 7.92. The van der Waals surface area contributed by atoms with Crippen LogP contribution in [-0.4, -0.2) is 76.4 Å². The Bertz CT molecular complexity index is 1380. The number of hydrogen-bond donors (Lipinski definition) is 2. The van der Waals surface area contributed by atoms with E-state index < -0.39 is 39.8 Å². The zero-order valence-electron chi connectivity index (χ0n) is 21.8. The van der Waals surface area contributed by atoms with Crippen molar-refractivity contribution in [1.29, 1.82) is 0 Å². The molecule has 10 nitrogen and oxygen atoms in total. The summed E-state index contributed by atoms with van der Waals surface area (Å²) in [6.07, 6.45) is -7.04. The van der Waals surface area contributed by atoms with E-state index >= 15 is 0 Å². The summed E-state index contributed by atoms with van der Waals surface area (Å²) in [5, 5.41) is 4.94. The zero-order chi connectivity index (χ0) is 29.5. The second kappa shape index (κ2) is 10.8. The largest absolute Gasteiger partial charge is 0.484 e. The summed E-state index contributed by atoms with van der Waals surface area (Å²) >= 11 is 0. The highest BCUT2D eigenvalue weighted by Gasteiger charge is 2.51. The van der Waals surface area contributed by atoms with Gasteiger partial charge in [-0.05, 0) is 63.4 Å². The van der Waals surface area contributed by atoms with Crippen LogP contribution in [0.4, 0.5) is 33.7 Å². The van der Waals surface area contributed by atoms with E-state index in [0.717, 1.165) is 28.6 Å². The number of anilines is 2. The Hall–Kier alpha value is -3.59. The minimum Gasteiger partial charge on any atom is -0.484 e. The number of carbonyl (C=O) groups excluding carboxylic acids is 2. The molecule has 2 aromatic carbocycles. The molecule has 2 aliphatic heterocycles. The number of benzene rings is 2. The molecule has 2 aliphatic rings. The molecule has 0 aliphatic carbocycles. The molecule has 1 unspecified atom stereocenters. The van der Waals surface area contributed by atoms with Gasteiger partial charge in [-0.25, -0.2) is 17.6 Å². The minimum absolute atomic E-state index is 0.00716. The van der Waals surface area contributed by atoms with Crippen LogP contribution >= 0.6 is 0 Å². The highest BCUT2D eigenvalue weighted by Crippen LogP contribution is 2.39. The van der Waals surface area contributed by atoms with Crippen molar-refractivity contribution < 1.29 is 45.0 Å². The Balaban J connectivity index is 1.59. The fourth-order valence-electron chi connectivity index (χ4n) is 4.11. The first kappa shape index (κ1) is 29.4. The van der Waals surface area contributed by atoms with Crippen LogP contribution in [0.15, 0.2) is 47.4 Å². The third-order valence-corrected chi connectivity index (χ3v) is 8.30. The molecule has 0 saturated carbocycles. The van der Waals surface area contributed by atoms with Gasteiger partial charge in [-0.15, -0.1) is 0 Å². The Labute approximate surface area is 228 Å². The van der Waals surface area contributed by atoms with Crippen LogP contribution in [-0.2, 0) is 19.6 Å². The number of rotatable bonds is 7. The van der Waals surface area contributed by atoms with Crippen molar-refractivity contribution in [3.8, 4) is 5.75 Å². The van der Waals surface area contributed by atoms with Gasteiger partial charge in [0.1, 0.15) is 17.7 Å². The van der Waals surface area contributed by atoms with Crippen LogP contribution in [0.2, 0.25) is 0 Å². The van der Waals surface area contributed by atoms with Crippen LogP contribution in [0.25, 0.3) is 0 Å². The molecule has 0 aromatic heterocycles. The lowest BCUT2D eigenvalue weighted by atomic mass is 10.0. The number of ether oxygens (including phenoxy) is 2. The molecule has 2 amide bonds. The number of nitrogens with one attached hydrogen (secondary N) is 2. The Morgan fingerprint density at radius 3 is 2.33 bits per heavy atom. The van der Waals surface area contributed by atoms with Crippen molar-refractivity contribution in [3.63, 3.8) is 0 Å². The maximum atomic E-state index is 13.6. The molecule has 40 heavy (non-hydrogen) atoms. The van der Waals surface area contributed by atoms with Crippen molar-refractivity contribution >= 4 is 33.4 Å². The van der Waals surface area contributed by atoms with Crippen molar-refractivity contribution in [2.45, 2.75) is 36.6 Å². The number of likely N-dealkylation sites (tertiary alicyclic amines) is 1. The number of fused-ring (bicyclic) bond motifs is 1. The molecule has 2 aromatic rings. The summed E-state index contributed by atoms with van der Waals surface area (Å²) < 4.78 is 91.4. The number of hydrogen-bond acceptors (Lipinski definition) is 7. The van der Waals surface area contributed by atoms with Crippen LogP contribution in [0, 0.1) is 11.7 Å². The zero-order valence-corrected chi connectivity index (χ0v) is 22.6. The van der Waals surface area contributed by atoms with Gasteiger partial charge in [0.05, 0.1) is 29.6 Å². The predicted octanol–water partition coefficient (Wildman–Crippen LogP) is 3.35. The van der Waals surface area contributed by atoms with E-state index in [1.54, 1.807) is 0 Å². The van der Waals surface area contributed by atoms with Gasteiger partial charge >= 0.3 is 12.3 Å². The standard InChI is InChI=1S/C25H28F4N4O6S/c1-24(2,25(27,28)29)39-23(35)31-17-6-9-21-20(10-17)33(40(36,37)19-7-4-16(26)5-8-19)14-18(38-21)11-30-22(34)15-12-32(3)13-15/h4-10,15,18H,11-14H2,1-3H3,(H,30,34)(H,31,35). The first-order chi connectivity index (χ1) is 18.6. The third-order valence-electron chi connectivity index (χ3n) is 6.51. The van der Waals surface area contributed by atoms with Gasteiger partial charge in [-0.2, -0.15) is 13.2 Å². The van der Waals surface area contributed by atoms with Crippen molar-refractivity contribution in [1.82, 2.24) is 10.2 Å². The Morgan fingerprint density at radius 1 is 1.07 bits per heavy atom. The molecular weight excluding hydrogens is 560 g/mol. The van der Waals surface area contributed by atoms with Crippen LogP contribution in [0.5, 0.6) is 5.75 Å². The van der Waals surface area contributed by atoms with Gasteiger partial charge in [0.25, 0.3) is 10.0 Å². The summed E-state index contributed by atoms with van der Waals surface area (Å²) in [5.74, 6) is -0.944. The lowest BCUT2D eigenvalue weighted by Crippen LogP contribution is -2.54. The molecule has 2 heterocycles. The molecule has 2 N–H and O–H groups in total. The number of halogens is 4. The molecular formula is C25H28F4N4O6S. The number of sulfonamides is 1. The van der Waals surface area contributed by atoms with E-state index in [1.165, 1.54) is 18.2 Å². The predicted molar refractivity (Wildman–Crippen MR) is 136 cm³/mol. The van der Waals surface area contributed by atoms with Gasteiger partial charge in [-0.3, -0.25) is 14.4 Å². The maximum absolute atomic E-state index is 13.6. The molecule has 1 atom stereocenters. The molecule has 0 radical (unpaired) electrons. The molecule has 1 saturated heterocycles. The van der Waals surface area contributed by atoms with E-state index in [0.29, 0.717) is 26.9 Å². The SMILES string of the molecule is CN1CC(C(=O)NCC2CN(S(=O)(=O)c3ccc(F)cc3)c3cc(NC(=O)OC(C)(C)C(F)(F)F)ccc3O2)C1. The quantitative estimate of drug-likeness (QED) is 0.477. The van der Waals surface area contributed by atoms with Gasteiger partial charge in [0.15, 0.2) is 0 Å². The summed E-state index contributed by atoms with van der Waals surface area (Å²) in [6.45, 7) is 2.31. The summed E-state index contributed by atoms with van der Waals surface area (Å²) in [6, 6.07) is 7.98. The molecule has 15 heteroatoms. The molecule has 218 valence electrons. The summed E-state index contributed by atoms with van der Waals surface area (Å²) in [4.78, 5) is 26.4. The van der Waals surface area contributed by atoms with Gasteiger partial charge in [-0.1, -0.05) is 0 Å². The molecule has 0 spiro atoms. The topological polar surface area (TPSA) is 117 Å². The molecule has 0 bridgehead atoms. The van der Waals surface area contributed by atoms with Crippen molar-refractivity contribution in [2.24, 2.45) is 5.92 Å². The molecule has 4 rings (SSSR count). The smallest absolute Gasteiger partial charge is 0.427 e. The number of carbonyl (C=O) groups is 2. The van der Waals surface area contributed by atoms with Crippen LogP contribution in [0.3, 0.4) is 0 Å². The average Bonchev–Trinajstić information content (AvgIpc) is 2.84. The van der Waals surface area contributed by atoms with E-state index in [1.807, 2.05) is 11.9 Å². The van der Waals surface area contributed by atoms with Gasteiger partial charge in [0.2, 0.25) is 11.5 Å². The molecule has 1 fully saturated rings. The monoisotopic (exact) mass is 588 g/mol. The highest BCUT2D eigenvalue weighted by atomic mass is 32.2. The lowest BCUT2D eigenvalue weighted by molar-refractivity contribution is -0.242. The number of alkyl halides is 3. The van der Waals surface area contributed by atoms with E-state index in [2.05, 4.69) is 15.4 Å². The summed E-state index contributed by atoms with van der Waals surface area (Å²) in [5.41, 5.74) is -2.87. The lowest BCUT2D eigenvalue weighted by Gasteiger charge is -2.37. The van der Waals surface area contributed by atoms with Crippen molar-refractivity contribution in [2.75, 3.05) is 42.8 Å². The van der Waals surface area contributed by atoms with E-state index in [9.17, 15) is 35.6 Å². The number of amides is 2. The fourth-order valence-corrected chi connectivity index (χ4v) is 5.61. The van der Waals surface area contributed by atoms with Crippen LogP contribution in [0.1, 0.15) is 13.8 Å². The Kier molecular flexibility index (Phi) is 7.91. The first-order valence-corrected chi connectivity index (χ1v) is 13.6. The first-order valence-electron chi connectivity index (χ1n) is 12.2.